The number of hydrogen-bond acceptors (Lipinski definition) is 0. The molecule has 15 heavy (non-hydrogen) atoms. The van der Waals surface area contributed by atoms with E-state index in [4.69, 9.17) is 0 Å². The van der Waals surface area contributed by atoms with Crippen LogP contribution in [0.2, 0.25) is 0 Å². The standard InChI is InChI=1S/C14H29.Y/c1-9-14(8,10-12(2,3)4)11-13(5,6)7;/h2,9-11H2,1,3-8H3;/q-1;. The first-order valence-electron chi connectivity index (χ1n) is 5.83. The zero-order chi connectivity index (χ0) is 11.6. The molecular formula is C14H29Y-. The molecule has 0 amide bonds. The van der Waals surface area contributed by atoms with Crippen LogP contribution in [0.4, 0.5) is 0 Å². The maximum atomic E-state index is 4.23. The molecule has 1 unspecified atom stereocenters. The molecule has 0 heterocycles. The van der Waals surface area contributed by atoms with Crippen molar-refractivity contribution in [3.8, 4) is 0 Å². The third-order valence-corrected chi connectivity index (χ3v) is 2.72. The minimum atomic E-state index is 0. The van der Waals surface area contributed by atoms with E-state index in [-0.39, 0.29) is 38.1 Å². The van der Waals surface area contributed by atoms with Crippen molar-refractivity contribution < 1.29 is 32.7 Å². The largest absolute Gasteiger partial charge is 0.338 e. The molecule has 0 saturated carbocycles. The molecule has 0 aromatic carbocycles. The summed E-state index contributed by atoms with van der Waals surface area (Å²) < 4.78 is 0. The average molecular weight is 286 g/mol. The van der Waals surface area contributed by atoms with Crippen LogP contribution in [0.1, 0.15) is 67.7 Å². The quantitative estimate of drug-likeness (QED) is 0.632. The van der Waals surface area contributed by atoms with Crippen molar-refractivity contribution in [2.75, 3.05) is 0 Å². The molecule has 0 rings (SSSR count). The molecule has 0 saturated heterocycles. The number of hydrogen-bond donors (Lipinski definition) is 0. The van der Waals surface area contributed by atoms with Crippen molar-refractivity contribution >= 4 is 0 Å². The van der Waals surface area contributed by atoms with Gasteiger partial charge in [0, 0.05) is 32.7 Å². The van der Waals surface area contributed by atoms with Crippen molar-refractivity contribution in [2.45, 2.75) is 67.7 Å². The molecule has 1 heteroatoms. The van der Waals surface area contributed by atoms with E-state index in [9.17, 15) is 0 Å². The van der Waals surface area contributed by atoms with Crippen molar-refractivity contribution in [1.29, 1.82) is 0 Å². The minimum absolute atomic E-state index is 0. The summed E-state index contributed by atoms with van der Waals surface area (Å²) in [4.78, 5) is 0. The Morgan fingerprint density at radius 2 is 1.27 bits per heavy atom. The third kappa shape index (κ3) is 10.0. The van der Waals surface area contributed by atoms with Crippen molar-refractivity contribution in [2.24, 2.45) is 16.2 Å². The summed E-state index contributed by atoms with van der Waals surface area (Å²) in [5.41, 5.74) is 1.08. The van der Waals surface area contributed by atoms with E-state index in [1.54, 1.807) is 0 Å². The van der Waals surface area contributed by atoms with E-state index in [1.807, 2.05) is 0 Å². The molecule has 1 atom stereocenters. The molecule has 0 aliphatic carbocycles. The second kappa shape index (κ2) is 6.15. The van der Waals surface area contributed by atoms with Crippen molar-refractivity contribution in [1.82, 2.24) is 0 Å². The molecule has 89 valence electrons. The maximum absolute atomic E-state index is 4.23. The zero-order valence-corrected chi connectivity index (χ0v) is 14.7. The molecule has 0 aromatic rings. The van der Waals surface area contributed by atoms with E-state index < -0.39 is 0 Å². The van der Waals surface area contributed by atoms with Crippen LogP contribution in [0.3, 0.4) is 0 Å². The molecule has 0 aromatic heterocycles. The summed E-state index contributed by atoms with van der Waals surface area (Å²) in [7, 11) is 0. The smallest absolute Gasteiger partial charge is 0 e. The van der Waals surface area contributed by atoms with Crippen molar-refractivity contribution in [3.05, 3.63) is 6.92 Å². The Morgan fingerprint density at radius 1 is 0.867 bits per heavy atom. The Labute approximate surface area is 123 Å². The van der Waals surface area contributed by atoms with Crippen LogP contribution >= 0.6 is 0 Å². The fourth-order valence-electron chi connectivity index (χ4n) is 2.75. The van der Waals surface area contributed by atoms with Gasteiger partial charge < -0.3 is 6.92 Å². The minimum Gasteiger partial charge on any atom is -0.338 e. The van der Waals surface area contributed by atoms with Gasteiger partial charge in [-0.15, -0.1) is 0 Å². The topological polar surface area (TPSA) is 0 Å². The van der Waals surface area contributed by atoms with Gasteiger partial charge in [0.25, 0.3) is 0 Å². The Hall–Kier alpha value is 1.10. The molecule has 0 fully saturated rings. The van der Waals surface area contributed by atoms with Crippen LogP contribution < -0.4 is 0 Å². The Bertz CT molecular complexity index is 153. The van der Waals surface area contributed by atoms with Gasteiger partial charge in [-0.1, -0.05) is 61.3 Å². The Kier molecular flexibility index (Phi) is 7.57. The van der Waals surface area contributed by atoms with Crippen LogP contribution in [0.5, 0.6) is 0 Å². The summed E-state index contributed by atoms with van der Waals surface area (Å²) in [6, 6.07) is 0. The maximum Gasteiger partial charge on any atom is 0 e. The first kappa shape index (κ1) is 18.5. The van der Waals surface area contributed by atoms with Gasteiger partial charge in [-0.3, -0.25) is 0 Å². The molecule has 0 nitrogen and oxygen atoms in total. The van der Waals surface area contributed by atoms with Gasteiger partial charge in [-0.25, -0.2) is 0 Å². The fraction of sp³-hybridized carbons (Fsp3) is 0.929. The van der Waals surface area contributed by atoms with Crippen molar-refractivity contribution in [3.63, 3.8) is 0 Å². The van der Waals surface area contributed by atoms with Crippen LogP contribution in [0.15, 0.2) is 0 Å². The molecule has 0 spiro atoms. The van der Waals surface area contributed by atoms with Gasteiger partial charge >= 0.3 is 0 Å². The van der Waals surface area contributed by atoms with E-state index in [1.165, 1.54) is 19.3 Å². The first-order valence-corrected chi connectivity index (χ1v) is 5.83. The SMILES string of the molecule is [CH2-]C(C)(C)CC(C)(CC)CC(C)(C)C.[Y]. The van der Waals surface area contributed by atoms with E-state index in [2.05, 4.69) is 55.4 Å². The average Bonchev–Trinajstić information content (AvgIpc) is 1.78. The second-order valence-electron chi connectivity index (χ2n) is 7.24. The van der Waals surface area contributed by atoms with Crippen LogP contribution in [0.25, 0.3) is 0 Å². The zero-order valence-electron chi connectivity index (χ0n) is 11.9. The summed E-state index contributed by atoms with van der Waals surface area (Å²) in [6.45, 7) is 20.4. The van der Waals surface area contributed by atoms with Gasteiger partial charge in [0.1, 0.15) is 0 Å². The monoisotopic (exact) mass is 286 g/mol. The summed E-state index contributed by atoms with van der Waals surface area (Å²) in [6.07, 6.45) is 3.76. The molecular weight excluding hydrogens is 257 g/mol. The van der Waals surface area contributed by atoms with Crippen LogP contribution in [0, 0.1) is 23.2 Å². The van der Waals surface area contributed by atoms with Crippen LogP contribution in [-0.2, 0) is 32.7 Å². The van der Waals surface area contributed by atoms with Crippen LogP contribution in [-0.4, -0.2) is 0 Å². The third-order valence-electron chi connectivity index (χ3n) is 2.72. The second-order valence-corrected chi connectivity index (χ2v) is 7.24. The molecule has 0 aliphatic rings. The summed E-state index contributed by atoms with van der Waals surface area (Å²) in [5, 5.41) is 0. The molecule has 1 radical (unpaired) electrons. The molecule has 0 aliphatic heterocycles. The van der Waals surface area contributed by atoms with Gasteiger partial charge in [0.2, 0.25) is 0 Å². The normalized spacial score (nSPS) is 16.8. The number of rotatable bonds is 4. The summed E-state index contributed by atoms with van der Waals surface area (Å²) in [5.74, 6) is 0. The van der Waals surface area contributed by atoms with Gasteiger partial charge in [-0.05, 0) is 17.3 Å². The van der Waals surface area contributed by atoms with E-state index >= 15 is 0 Å². The predicted molar refractivity (Wildman–Crippen MR) is 66.2 cm³/mol. The molecule has 0 N–H and O–H groups in total. The molecule has 0 bridgehead atoms. The Morgan fingerprint density at radius 3 is 1.47 bits per heavy atom. The fourth-order valence-corrected chi connectivity index (χ4v) is 2.75. The van der Waals surface area contributed by atoms with E-state index in [0.717, 1.165) is 0 Å². The summed E-state index contributed by atoms with van der Waals surface area (Å²) >= 11 is 0. The first-order chi connectivity index (χ1) is 5.97. The predicted octanol–water partition coefficient (Wildman–Crippen LogP) is 5.09. The van der Waals surface area contributed by atoms with Gasteiger partial charge in [-0.2, -0.15) is 5.41 Å². The van der Waals surface area contributed by atoms with E-state index in [0.29, 0.717) is 10.8 Å². The van der Waals surface area contributed by atoms with Gasteiger partial charge in [0.15, 0.2) is 0 Å². The Balaban J connectivity index is 0. The van der Waals surface area contributed by atoms with Gasteiger partial charge in [0.05, 0.1) is 0 Å².